The number of methoxy groups -OCH3 is 1. The van der Waals surface area contributed by atoms with Gasteiger partial charge in [0.05, 0.1) is 12.4 Å². The maximum absolute atomic E-state index is 5.84. The Labute approximate surface area is 166 Å². The molecule has 4 aromatic rings. The fraction of sp³-hybridized carbons (Fsp3) is 0.200. The van der Waals surface area contributed by atoms with Gasteiger partial charge in [-0.05, 0) is 50.2 Å². The van der Waals surface area contributed by atoms with Crippen LogP contribution in [0.5, 0.6) is 5.75 Å². The van der Waals surface area contributed by atoms with Gasteiger partial charge in [-0.2, -0.15) is 0 Å². The molecule has 0 spiro atoms. The van der Waals surface area contributed by atoms with Gasteiger partial charge in [0, 0.05) is 11.1 Å². The summed E-state index contributed by atoms with van der Waals surface area (Å²) in [5, 5.41) is 16.1. The summed E-state index contributed by atoms with van der Waals surface area (Å²) in [4.78, 5) is 4.54. The van der Waals surface area contributed by atoms with Crippen LogP contribution in [0.1, 0.15) is 23.6 Å². The molecule has 1 unspecified atom stereocenters. The Morgan fingerprint density at radius 2 is 1.71 bits per heavy atom. The van der Waals surface area contributed by atoms with Crippen molar-refractivity contribution in [2.24, 2.45) is 0 Å². The average molecular weight is 393 g/mol. The number of rotatable bonds is 6. The van der Waals surface area contributed by atoms with Gasteiger partial charge in [0.1, 0.15) is 5.75 Å². The number of hydrogen-bond acceptors (Lipinski definition) is 7. The average Bonchev–Trinajstić information content (AvgIpc) is 3.39. The smallest absolute Gasteiger partial charge is 0.247 e. The number of nitrogens with one attached hydrogen (secondary N) is 1. The van der Waals surface area contributed by atoms with E-state index in [9.17, 15) is 0 Å². The standard InChI is InChI=1S/C20H19N5O2S/c1-12-4-6-15(7-5-12)19-24-23-18(27-19)13(2)28-20-21-17(22-25-20)14-8-10-16(26-3)11-9-14/h4-11,13H,1-3H3,(H,21,22,25). The summed E-state index contributed by atoms with van der Waals surface area (Å²) >= 11 is 1.46. The zero-order valence-electron chi connectivity index (χ0n) is 15.7. The van der Waals surface area contributed by atoms with Crippen molar-refractivity contribution < 1.29 is 9.15 Å². The second-order valence-electron chi connectivity index (χ2n) is 6.27. The van der Waals surface area contributed by atoms with Gasteiger partial charge < -0.3 is 9.15 Å². The molecule has 0 aliphatic heterocycles. The van der Waals surface area contributed by atoms with Gasteiger partial charge in [-0.3, -0.25) is 5.10 Å². The van der Waals surface area contributed by atoms with Crippen LogP contribution in [-0.4, -0.2) is 32.5 Å². The second kappa shape index (κ2) is 7.85. The molecule has 8 heteroatoms. The highest BCUT2D eigenvalue weighted by Crippen LogP contribution is 2.34. The summed E-state index contributed by atoms with van der Waals surface area (Å²) in [6.07, 6.45) is 0. The lowest BCUT2D eigenvalue weighted by Crippen LogP contribution is -1.89. The second-order valence-corrected chi connectivity index (χ2v) is 7.57. The number of benzene rings is 2. The predicted octanol–water partition coefficient (Wildman–Crippen LogP) is 4.69. The number of nitrogens with zero attached hydrogens (tertiary/aromatic N) is 4. The molecule has 1 atom stereocenters. The number of ether oxygens (including phenoxy) is 1. The normalized spacial score (nSPS) is 12.1. The number of H-pyrrole nitrogens is 1. The molecule has 0 fully saturated rings. The molecule has 0 bridgehead atoms. The molecule has 0 saturated carbocycles. The molecule has 2 aromatic carbocycles. The first-order valence-corrected chi connectivity index (χ1v) is 9.64. The number of aromatic nitrogens is 5. The molecule has 0 radical (unpaired) electrons. The van der Waals surface area contributed by atoms with Crippen LogP contribution < -0.4 is 4.74 Å². The largest absolute Gasteiger partial charge is 0.497 e. The van der Waals surface area contributed by atoms with Crippen LogP contribution in [0, 0.1) is 6.92 Å². The van der Waals surface area contributed by atoms with E-state index in [0.717, 1.165) is 16.9 Å². The molecule has 1 N–H and O–H groups in total. The van der Waals surface area contributed by atoms with E-state index in [1.54, 1.807) is 7.11 Å². The van der Waals surface area contributed by atoms with Crippen LogP contribution in [0.25, 0.3) is 22.8 Å². The van der Waals surface area contributed by atoms with Crippen LogP contribution in [0.4, 0.5) is 0 Å². The number of hydrogen-bond donors (Lipinski definition) is 1. The summed E-state index contributed by atoms with van der Waals surface area (Å²) in [6, 6.07) is 15.6. The van der Waals surface area contributed by atoms with E-state index < -0.39 is 0 Å². The highest BCUT2D eigenvalue weighted by molar-refractivity contribution is 7.99. The molecule has 0 amide bonds. The number of thioether (sulfide) groups is 1. The molecule has 0 aliphatic carbocycles. The summed E-state index contributed by atoms with van der Waals surface area (Å²) in [6.45, 7) is 4.03. The fourth-order valence-corrected chi connectivity index (χ4v) is 3.35. The Morgan fingerprint density at radius 1 is 1.00 bits per heavy atom. The van der Waals surface area contributed by atoms with Crippen molar-refractivity contribution in [1.29, 1.82) is 0 Å². The van der Waals surface area contributed by atoms with Crippen molar-refractivity contribution in [3.8, 4) is 28.6 Å². The maximum Gasteiger partial charge on any atom is 0.247 e. The Hall–Kier alpha value is -3.13. The van der Waals surface area contributed by atoms with Gasteiger partial charge >= 0.3 is 0 Å². The third-order valence-electron chi connectivity index (χ3n) is 4.20. The van der Waals surface area contributed by atoms with Crippen molar-refractivity contribution in [1.82, 2.24) is 25.4 Å². The Kier molecular flexibility index (Phi) is 5.12. The highest BCUT2D eigenvalue weighted by atomic mass is 32.2. The minimum absolute atomic E-state index is 0.0776. The molecule has 28 heavy (non-hydrogen) atoms. The molecule has 4 rings (SSSR count). The number of aryl methyl sites for hydroxylation is 1. The van der Waals surface area contributed by atoms with E-state index >= 15 is 0 Å². The Bertz CT molecular complexity index is 1060. The van der Waals surface area contributed by atoms with Gasteiger partial charge in [0.25, 0.3) is 0 Å². The van der Waals surface area contributed by atoms with Crippen molar-refractivity contribution in [2.45, 2.75) is 24.3 Å². The SMILES string of the molecule is COc1ccc(-c2nc(SC(C)c3nnc(-c4ccc(C)cc4)o3)n[nH]2)cc1. The first kappa shape index (κ1) is 18.2. The third-order valence-corrected chi connectivity index (χ3v) is 5.15. The Balaban J connectivity index is 1.46. The van der Waals surface area contributed by atoms with E-state index in [-0.39, 0.29) is 5.25 Å². The van der Waals surface area contributed by atoms with Gasteiger partial charge in [-0.1, -0.05) is 29.5 Å². The zero-order valence-corrected chi connectivity index (χ0v) is 16.5. The van der Waals surface area contributed by atoms with E-state index in [4.69, 9.17) is 9.15 Å². The van der Waals surface area contributed by atoms with Gasteiger partial charge in [0.2, 0.25) is 16.9 Å². The third kappa shape index (κ3) is 3.91. The Morgan fingerprint density at radius 3 is 2.43 bits per heavy atom. The van der Waals surface area contributed by atoms with Crippen molar-refractivity contribution in [2.75, 3.05) is 7.11 Å². The molecule has 2 aromatic heterocycles. The van der Waals surface area contributed by atoms with Crippen molar-refractivity contribution in [3.05, 3.63) is 60.0 Å². The minimum Gasteiger partial charge on any atom is -0.497 e. The molecule has 142 valence electrons. The summed E-state index contributed by atoms with van der Waals surface area (Å²) in [5.74, 6) is 2.54. The molecular formula is C20H19N5O2S. The van der Waals surface area contributed by atoms with E-state index in [0.29, 0.717) is 22.8 Å². The molecular weight excluding hydrogens is 374 g/mol. The quantitative estimate of drug-likeness (QED) is 0.475. The highest BCUT2D eigenvalue weighted by Gasteiger charge is 2.18. The van der Waals surface area contributed by atoms with Crippen LogP contribution in [0.3, 0.4) is 0 Å². The van der Waals surface area contributed by atoms with E-state index in [2.05, 4.69) is 25.4 Å². The lowest BCUT2D eigenvalue weighted by molar-refractivity contribution is 0.415. The first-order chi connectivity index (χ1) is 13.6. The topological polar surface area (TPSA) is 89.7 Å². The van der Waals surface area contributed by atoms with Gasteiger partial charge in [-0.25, -0.2) is 4.98 Å². The van der Waals surface area contributed by atoms with Crippen LogP contribution >= 0.6 is 11.8 Å². The van der Waals surface area contributed by atoms with Crippen LogP contribution in [0.2, 0.25) is 0 Å². The van der Waals surface area contributed by atoms with E-state index in [1.165, 1.54) is 17.3 Å². The summed E-state index contributed by atoms with van der Waals surface area (Å²) in [7, 11) is 1.64. The zero-order chi connectivity index (χ0) is 19.5. The van der Waals surface area contributed by atoms with Gasteiger partial charge in [0.15, 0.2) is 5.82 Å². The monoisotopic (exact) mass is 393 g/mol. The lowest BCUT2D eigenvalue weighted by atomic mass is 10.1. The van der Waals surface area contributed by atoms with Crippen LogP contribution in [0.15, 0.2) is 58.1 Å². The van der Waals surface area contributed by atoms with E-state index in [1.807, 2.05) is 62.4 Å². The van der Waals surface area contributed by atoms with Gasteiger partial charge in [-0.15, -0.1) is 15.3 Å². The molecule has 7 nitrogen and oxygen atoms in total. The fourth-order valence-electron chi connectivity index (χ4n) is 2.60. The summed E-state index contributed by atoms with van der Waals surface area (Å²) < 4.78 is 11.0. The maximum atomic E-state index is 5.84. The van der Waals surface area contributed by atoms with Crippen LogP contribution in [-0.2, 0) is 0 Å². The first-order valence-electron chi connectivity index (χ1n) is 8.76. The molecule has 0 saturated heterocycles. The number of aromatic amines is 1. The molecule has 2 heterocycles. The van der Waals surface area contributed by atoms with Crippen molar-refractivity contribution in [3.63, 3.8) is 0 Å². The predicted molar refractivity (Wildman–Crippen MR) is 107 cm³/mol. The minimum atomic E-state index is -0.0776. The van der Waals surface area contributed by atoms with Crippen molar-refractivity contribution >= 4 is 11.8 Å². The summed E-state index contributed by atoms with van der Waals surface area (Å²) in [5.41, 5.74) is 3.03. The lowest BCUT2D eigenvalue weighted by Gasteiger charge is -2.02. The molecule has 0 aliphatic rings.